The van der Waals surface area contributed by atoms with Gasteiger partial charge in [-0.15, -0.1) is 0 Å². The zero-order valence-electron chi connectivity index (χ0n) is 14.5. The molecule has 1 aromatic heterocycles. The first-order valence-electron chi connectivity index (χ1n) is 8.27. The van der Waals surface area contributed by atoms with Crippen molar-refractivity contribution in [3.8, 4) is 22.6 Å². The topological polar surface area (TPSA) is 113 Å². The smallest absolute Gasteiger partial charge is 0.231 e. The number of likely N-dealkylation sites (N-methyl/N-ethyl adjacent to an activating group) is 1. The minimum absolute atomic E-state index is 0.205. The molecule has 27 heavy (non-hydrogen) atoms. The number of benzene rings is 2. The minimum atomic E-state index is -0.905. The Morgan fingerprint density at radius 1 is 1.33 bits per heavy atom. The van der Waals surface area contributed by atoms with Crippen LogP contribution < -0.4 is 20.5 Å². The van der Waals surface area contributed by atoms with Gasteiger partial charge in [-0.05, 0) is 41.5 Å². The highest BCUT2D eigenvalue weighted by molar-refractivity contribution is 7.22. The molecule has 1 aliphatic rings. The zero-order chi connectivity index (χ0) is 19.0. The SMILES string of the molecule is CN/C(=C\C=N)C(O)c1cc(-c2ccc3c(c2)OCO3)c2nc(N)sc2c1. The van der Waals surface area contributed by atoms with Crippen molar-refractivity contribution >= 4 is 32.9 Å². The number of anilines is 1. The van der Waals surface area contributed by atoms with Gasteiger partial charge < -0.3 is 31.0 Å². The fourth-order valence-electron chi connectivity index (χ4n) is 3.09. The van der Waals surface area contributed by atoms with Gasteiger partial charge in [0.05, 0.1) is 10.2 Å². The average molecular weight is 382 g/mol. The summed E-state index contributed by atoms with van der Waals surface area (Å²) in [7, 11) is 1.71. The van der Waals surface area contributed by atoms with Gasteiger partial charge in [0.1, 0.15) is 6.10 Å². The Balaban J connectivity index is 1.89. The second-order valence-electron chi connectivity index (χ2n) is 5.98. The van der Waals surface area contributed by atoms with E-state index in [1.54, 1.807) is 7.05 Å². The molecule has 0 aliphatic carbocycles. The number of rotatable bonds is 5. The van der Waals surface area contributed by atoms with E-state index in [9.17, 15) is 5.11 Å². The standard InChI is InChI=1S/C19H18N4O3S/c1-22-13(4-5-20)18(24)11-6-12(17-16(8-11)27-19(21)23-17)10-2-3-14-15(7-10)26-9-25-14/h2-8,18,20,22,24H,9H2,1H3,(H2,21,23)/b13-4-,20-5?. The van der Waals surface area contributed by atoms with E-state index in [-0.39, 0.29) is 6.79 Å². The van der Waals surface area contributed by atoms with Crippen LogP contribution in [0.3, 0.4) is 0 Å². The third kappa shape index (κ3) is 3.09. The number of nitrogens with two attached hydrogens (primary N) is 1. The van der Waals surface area contributed by atoms with E-state index in [1.807, 2.05) is 30.3 Å². The predicted molar refractivity (Wildman–Crippen MR) is 106 cm³/mol. The minimum Gasteiger partial charge on any atom is -0.454 e. The van der Waals surface area contributed by atoms with Crippen LogP contribution in [-0.4, -0.2) is 30.1 Å². The number of hydrogen-bond donors (Lipinski definition) is 4. The molecule has 8 heteroatoms. The molecule has 1 unspecified atom stereocenters. The lowest BCUT2D eigenvalue weighted by molar-refractivity contribution is 0.174. The third-order valence-corrected chi connectivity index (χ3v) is 5.21. The fraction of sp³-hybridized carbons (Fsp3) is 0.158. The predicted octanol–water partition coefficient (Wildman–Crippen LogP) is 3.06. The molecule has 2 aromatic carbocycles. The van der Waals surface area contributed by atoms with Gasteiger partial charge in [0, 0.05) is 24.5 Å². The van der Waals surface area contributed by atoms with Crippen LogP contribution in [0.4, 0.5) is 5.13 Å². The zero-order valence-corrected chi connectivity index (χ0v) is 15.3. The van der Waals surface area contributed by atoms with E-state index in [0.717, 1.165) is 27.6 Å². The van der Waals surface area contributed by atoms with Gasteiger partial charge in [-0.25, -0.2) is 4.98 Å². The first kappa shape index (κ1) is 17.3. The Labute approximate surface area is 159 Å². The number of aliphatic hydroxyl groups is 1. The Bertz CT molecular complexity index is 1060. The van der Waals surface area contributed by atoms with E-state index in [0.29, 0.717) is 27.9 Å². The van der Waals surface area contributed by atoms with Crippen molar-refractivity contribution in [2.24, 2.45) is 0 Å². The Morgan fingerprint density at radius 2 is 2.15 bits per heavy atom. The highest BCUT2D eigenvalue weighted by Gasteiger charge is 2.20. The van der Waals surface area contributed by atoms with E-state index >= 15 is 0 Å². The van der Waals surface area contributed by atoms with E-state index in [2.05, 4.69) is 10.3 Å². The summed E-state index contributed by atoms with van der Waals surface area (Å²) in [4.78, 5) is 4.46. The van der Waals surface area contributed by atoms with Crippen molar-refractivity contribution in [2.45, 2.75) is 6.10 Å². The number of nitrogens with one attached hydrogen (secondary N) is 2. The lowest BCUT2D eigenvalue weighted by atomic mass is 9.97. The molecule has 1 aliphatic heterocycles. The van der Waals surface area contributed by atoms with Crippen LogP contribution >= 0.6 is 11.3 Å². The number of thiazole rings is 1. The molecule has 138 valence electrons. The van der Waals surface area contributed by atoms with Crippen molar-refractivity contribution in [3.63, 3.8) is 0 Å². The summed E-state index contributed by atoms with van der Waals surface area (Å²) in [5.74, 6) is 1.38. The molecular weight excluding hydrogens is 364 g/mol. The highest BCUT2D eigenvalue weighted by Crippen LogP contribution is 2.40. The quantitative estimate of drug-likeness (QED) is 0.505. The molecule has 3 aromatic rings. The molecule has 0 bridgehead atoms. The van der Waals surface area contributed by atoms with Crippen LogP contribution in [0.25, 0.3) is 21.3 Å². The molecule has 7 nitrogen and oxygen atoms in total. The van der Waals surface area contributed by atoms with Crippen molar-refractivity contribution in [1.29, 1.82) is 5.41 Å². The van der Waals surface area contributed by atoms with Crippen molar-refractivity contribution in [2.75, 3.05) is 19.6 Å². The highest BCUT2D eigenvalue weighted by atomic mass is 32.1. The fourth-order valence-corrected chi connectivity index (χ4v) is 3.90. The van der Waals surface area contributed by atoms with E-state index in [4.69, 9.17) is 20.6 Å². The number of aliphatic hydroxyl groups excluding tert-OH is 1. The molecule has 2 heterocycles. The molecule has 0 amide bonds. The lowest BCUT2D eigenvalue weighted by Crippen LogP contribution is -2.15. The van der Waals surface area contributed by atoms with Gasteiger partial charge in [0.15, 0.2) is 16.6 Å². The summed E-state index contributed by atoms with van der Waals surface area (Å²) >= 11 is 1.37. The maximum absolute atomic E-state index is 10.8. The number of allylic oxidation sites excluding steroid dienone is 1. The van der Waals surface area contributed by atoms with Gasteiger partial charge in [0.2, 0.25) is 6.79 Å². The molecule has 0 spiro atoms. The summed E-state index contributed by atoms with van der Waals surface area (Å²) < 4.78 is 11.7. The molecule has 4 rings (SSSR count). The Hall–Kier alpha value is -3.10. The van der Waals surface area contributed by atoms with Crippen molar-refractivity contribution in [3.05, 3.63) is 47.7 Å². The second kappa shape index (κ2) is 6.90. The van der Waals surface area contributed by atoms with Crippen molar-refractivity contribution < 1.29 is 14.6 Å². The normalized spacial score (nSPS) is 14.4. The van der Waals surface area contributed by atoms with Crippen LogP contribution in [0.15, 0.2) is 42.1 Å². The lowest BCUT2D eigenvalue weighted by Gasteiger charge is -2.16. The number of fused-ring (bicyclic) bond motifs is 2. The Morgan fingerprint density at radius 3 is 2.93 bits per heavy atom. The maximum Gasteiger partial charge on any atom is 0.231 e. The summed E-state index contributed by atoms with van der Waals surface area (Å²) in [5, 5.41) is 21.4. The number of nitrogens with zero attached hydrogens (tertiary/aromatic N) is 1. The first-order valence-corrected chi connectivity index (χ1v) is 9.09. The molecule has 0 radical (unpaired) electrons. The maximum atomic E-state index is 10.8. The molecule has 0 fully saturated rings. The van der Waals surface area contributed by atoms with Crippen LogP contribution in [0.5, 0.6) is 11.5 Å². The Kier molecular flexibility index (Phi) is 4.43. The van der Waals surface area contributed by atoms with E-state index < -0.39 is 6.10 Å². The monoisotopic (exact) mass is 382 g/mol. The average Bonchev–Trinajstić information content (AvgIpc) is 3.29. The van der Waals surface area contributed by atoms with Gasteiger partial charge >= 0.3 is 0 Å². The van der Waals surface area contributed by atoms with Gasteiger partial charge in [-0.1, -0.05) is 17.4 Å². The number of hydrogen-bond acceptors (Lipinski definition) is 8. The molecule has 5 N–H and O–H groups in total. The van der Waals surface area contributed by atoms with Crippen molar-refractivity contribution in [1.82, 2.24) is 10.3 Å². The van der Waals surface area contributed by atoms with Gasteiger partial charge in [-0.3, -0.25) is 0 Å². The van der Waals surface area contributed by atoms with Crippen LogP contribution in [0.1, 0.15) is 11.7 Å². The van der Waals surface area contributed by atoms with Crippen LogP contribution in [-0.2, 0) is 0 Å². The van der Waals surface area contributed by atoms with Gasteiger partial charge in [0.25, 0.3) is 0 Å². The molecule has 1 atom stereocenters. The largest absolute Gasteiger partial charge is 0.454 e. The molecule has 0 saturated heterocycles. The second-order valence-corrected chi connectivity index (χ2v) is 7.04. The molecular formula is C19H18N4O3S. The van der Waals surface area contributed by atoms with E-state index in [1.165, 1.54) is 17.4 Å². The molecule has 0 saturated carbocycles. The summed E-state index contributed by atoms with van der Waals surface area (Å²) in [6.07, 6.45) is 1.75. The van der Waals surface area contributed by atoms with Crippen LogP contribution in [0.2, 0.25) is 0 Å². The first-order chi connectivity index (χ1) is 13.1. The summed E-state index contributed by atoms with van der Waals surface area (Å²) in [6, 6.07) is 9.45. The van der Waals surface area contributed by atoms with Gasteiger partial charge in [-0.2, -0.15) is 0 Å². The number of ether oxygens (including phenoxy) is 2. The number of aromatic nitrogens is 1. The third-order valence-electron chi connectivity index (χ3n) is 4.38. The summed E-state index contributed by atoms with van der Waals surface area (Å²) in [6.45, 7) is 0.205. The summed E-state index contributed by atoms with van der Waals surface area (Å²) in [5.41, 5.74) is 9.65. The number of nitrogen functional groups attached to an aromatic ring is 1. The van der Waals surface area contributed by atoms with Crippen LogP contribution in [0, 0.1) is 5.41 Å².